The Hall–Kier alpha value is -2.42. The van der Waals surface area contributed by atoms with Crippen molar-refractivity contribution in [2.24, 2.45) is 5.92 Å². The third-order valence-electron chi connectivity index (χ3n) is 5.19. The first-order valence-electron chi connectivity index (χ1n) is 8.96. The number of aryl methyl sites for hydroxylation is 2. The van der Waals surface area contributed by atoms with E-state index in [0.29, 0.717) is 17.4 Å². The zero-order valence-corrected chi connectivity index (χ0v) is 15.8. The van der Waals surface area contributed by atoms with Crippen LogP contribution in [0.1, 0.15) is 47.4 Å². The van der Waals surface area contributed by atoms with Crippen LogP contribution in [0, 0.1) is 12.8 Å². The van der Waals surface area contributed by atoms with E-state index in [4.69, 9.17) is 4.98 Å². The number of halogens is 2. The molecular formula is C18H18F2N6S. The van der Waals surface area contributed by atoms with Crippen molar-refractivity contribution in [2.45, 2.75) is 46.1 Å². The molecule has 0 bridgehead atoms. The summed E-state index contributed by atoms with van der Waals surface area (Å²) in [4.78, 5) is 11.7. The smallest absolute Gasteiger partial charge is 0.262 e. The summed E-state index contributed by atoms with van der Waals surface area (Å²) in [6.45, 7) is 4.29. The number of hydrogen-bond donors (Lipinski definition) is 0. The molecule has 1 aliphatic rings. The first-order valence-corrected chi connectivity index (χ1v) is 9.78. The zero-order valence-electron chi connectivity index (χ0n) is 15.0. The fraction of sp³-hybridized carbons (Fsp3) is 0.444. The number of fused-ring (bicyclic) bond motifs is 5. The summed E-state index contributed by atoms with van der Waals surface area (Å²) in [5.74, 6) is 1.24. The molecule has 1 unspecified atom stereocenters. The highest BCUT2D eigenvalue weighted by Gasteiger charge is 2.24. The molecule has 1 aliphatic carbocycles. The molecule has 0 saturated carbocycles. The van der Waals surface area contributed by atoms with E-state index in [9.17, 15) is 8.78 Å². The minimum absolute atomic E-state index is 0.221. The number of aromatic nitrogens is 6. The van der Waals surface area contributed by atoms with Gasteiger partial charge in [-0.2, -0.15) is 5.10 Å². The second-order valence-corrected chi connectivity index (χ2v) is 8.33. The topological polar surface area (TPSA) is 60.9 Å². The highest BCUT2D eigenvalue weighted by molar-refractivity contribution is 7.19. The highest BCUT2D eigenvalue weighted by Crippen LogP contribution is 2.38. The number of nitrogens with zero attached hydrogens (tertiary/aromatic N) is 6. The molecule has 0 aromatic carbocycles. The van der Waals surface area contributed by atoms with Crippen molar-refractivity contribution in [2.75, 3.05) is 0 Å². The van der Waals surface area contributed by atoms with Crippen LogP contribution < -0.4 is 0 Å². The maximum absolute atomic E-state index is 12.9. The molecule has 4 heterocycles. The van der Waals surface area contributed by atoms with E-state index in [2.05, 4.69) is 22.1 Å². The first-order chi connectivity index (χ1) is 13.0. The largest absolute Gasteiger partial charge is 0.282 e. The molecule has 6 nitrogen and oxygen atoms in total. The van der Waals surface area contributed by atoms with Gasteiger partial charge in [0, 0.05) is 10.6 Å². The number of alkyl halides is 2. The monoisotopic (exact) mass is 388 g/mol. The van der Waals surface area contributed by atoms with E-state index in [-0.39, 0.29) is 12.2 Å². The Morgan fingerprint density at radius 2 is 2.19 bits per heavy atom. The van der Waals surface area contributed by atoms with E-state index in [1.807, 2.05) is 0 Å². The first kappa shape index (κ1) is 16.7. The Bertz CT molecular complexity index is 1160. The molecular weight excluding hydrogens is 370 g/mol. The molecule has 1 atom stereocenters. The lowest BCUT2D eigenvalue weighted by atomic mass is 9.89. The molecule has 27 heavy (non-hydrogen) atoms. The van der Waals surface area contributed by atoms with E-state index < -0.39 is 6.43 Å². The molecule has 140 valence electrons. The fourth-order valence-electron chi connectivity index (χ4n) is 3.79. The highest BCUT2D eigenvalue weighted by atomic mass is 32.1. The van der Waals surface area contributed by atoms with Crippen molar-refractivity contribution in [1.29, 1.82) is 0 Å². The van der Waals surface area contributed by atoms with Crippen LogP contribution >= 0.6 is 11.3 Å². The quantitative estimate of drug-likeness (QED) is 0.533. The SMILES string of the molecule is Cc1cc(C(F)F)nn1Cc1nc2c3c4c(sc3ncn2n1)CC(C)CC4. The van der Waals surface area contributed by atoms with Crippen molar-refractivity contribution < 1.29 is 8.78 Å². The molecule has 4 aromatic heterocycles. The molecule has 0 N–H and O–H groups in total. The molecule has 4 aromatic rings. The van der Waals surface area contributed by atoms with E-state index in [1.165, 1.54) is 27.6 Å². The van der Waals surface area contributed by atoms with E-state index in [0.717, 1.165) is 28.7 Å². The molecule has 9 heteroatoms. The molecule has 0 amide bonds. The van der Waals surface area contributed by atoms with Gasteiger partial charge in [-0.25, -0.2) is 23.3 Å². The van der Waals surface area contributed by atoms with Crippen molar-refractivity contribution >= 4 is 27.2 Å². The summed E-state index contributed by atoms with van der Waals surface area (Å²) in [7, 11) is 0. The summed E-state index contributed by atoms with van der Waals surface area (Å²) >= 11 is 1.75. The fourth-order valence-corrected chi connectivity index (χ4v) is 5.13. The van der Waals surface area contributed by atoms with Crippen molar-refractivity contribution in [3.63, 3.8) is 0 Å². The lowest BCUT2D eigenvalue weighted by molar-refractivity contribution is 0.145. The Balaban J connectivity index is 1.58. The predicted octanol–water partition coefficient (Wildman–Crippen LogP) is 3.95. The lowest BCUT2D eigenvalue weighted by Crippen LogP contribution is -2.08. The van der Waals surface area contributed by atoms with Gasteiger partial charge in [0.15, 0.2) is 11.5 Å². The third-order valence-corrected chi connectivity index (χ3v) is 6.35. The summed E-state index contributed by atoms with van der Waals surface area (Å²) < 4.78 is 29.0. The number of hydrogen-bond acceptors (Lipinski definition) is 5. The maximum atomic E-state index is 12.9. The molecule has 0 radical (unpaired) electrons. The van der Waals surface area contributed by atoms with Crippen LogP contribution in [0.15, 0.2) is 12.4 Å². The van der Waals surface area contributed by atoms with Crippen LogP contribution in [0.2, 0.25) is 0 Å². The number of thiophene rings is 1. The van der Waals surface area contributed by atoms with Crippen molar-refractivity contribution in [3.05, 3.63) is 40.0 Å². The second kappa shape index (κ2) is 6.05. The van der Waals surface area contributed by atoms with Gasteiger partial charge < -0.3 is 0 Å². The Morgan fingerprint density at radius 3 is 2.96 bits per heavy atom. The van der Waals surface area contributed by atoms with Gasteiger partial charge in [0.1, 0.15) is 23.4 Å². The maximum Gasteiger partial charge on any atom is 0.282 e. The van der Waals surface area contributed by atoms with Gasteiger partial charge in [-0.15, -0.1) is 16.4 Å². The van der Waals surface area contributed by atoms with Gasteiger partial charge in [-0.3, -0.25) is 4.68 Å². The van der Waals surface area contributed by atoms with Crippen molar-refractivity contribution in [1.82, 2.24) is 29.4 Å². The average Bonchev–Trinajstić information content (AvgIpc) is 3.29. The minimum atomic E-state index is -2.58. The zero-order chi connectivity index (χ0) is 18.7. The summed E-state index contributed by atoms with van der Waals surface area (Å²) in [6, 6.07) is 1.40. The van der Waals surface area contributed by atoms with Crippen LogP contribution in [0.5, 0.6) is 0 Å². The number of rotatable bonds is 3. The molecule has 0 fully saturated rings. The normalized spacial score (nSPS) is 17.3. The second-order valence-electron chi connectivity index (χ2n) is 7.24. The standard InChI is InChI=1S/C18H18F2N6S/c1-9-3-4-11-13(5-9)27-18-15(11)17-22-14(24-26(17)8-21-18)7-25-10(2)6-12(23-25)16(19)20/h6,8-9,16H,3-5,7H2,1-2H3. The van der Waals surface area contributed by atoms with Gasteiger partial charge in [-0.05, 0) is 43.7 Å². The summed E-state index contributed by atoms with van der Waals surface area (Å²) in [5, 5.41) is 9.56. The van der Waals surface area contributed by atoms with E-state index >= 15 is 0 Å². The summed E-state index contributed by atoms with van der Waals surface area (Å²) in [6.07, 6.45) is 2.40. The minimum Gasteiger partial charge on any atom is -0.262 e. The van der Waals surface area contributed by atoms with Gasteiger partial charge in [-0.1, -0.05) is 6.92 Å². The van der Waals surface area contributed by atoms with Gasteiger partial charge in [0.25, 0.3) is 6.43 Å². The predicted molar refractivity (Wildman–Crippen MR) is 98.4 cm³/mol. The molecule has 0 saturated heterocycles. The van der Waals surface area contributed by atoms with Gasteiger partial charge in [0.05, 0.1) is 5.39 Å². The van der Waals surface area contributed by atoms with Crippen LogP contribution in [-0.2, 0) is 19.4 Å². The summed E-state index contributed by atoms with van der Waals surface area (Å²) in [5.41, 5.74) is 2.58. The van der Waals surface area contributed by atoms with Gasteiger partial charge >= 0.3 is 0 Å². The van der Waals surface area contributed by atoms with Crippen molar-refractivity contribution in [3.8, 4) is 0 Å². The van der Waals surface area contributed by atoms with Crippen LogP contribution in [0.4, 0.5) is 8.78 Å². The molecule has 0 aliphatic heterocycles. The average molecular weight is 388 g/mol. The Morgan fingerprint density at radius 1 is 1.33 bits per heavy atom. The lowest BCUT2D eigenvalue weighted by Gasteiger charge is -2.17. The Labute approximate surface area is 157 Å². The third kappa shape index (κ3) is 2.72. The van der Waals surface area contributed by atoms with Crippen LogP contribution in [-0.4, -0.2) is 29.4 Å². The van der Waals surface area contributed by atoms with Gasteiger partial charge in [0.2, 0.25) is 0 Å². The molecule has 0 spiro atoms. The van der Waals surface area contributed by atoms with Crippen LogP contribution in [0.25, 0.3) is 15.9 Å². The van der Waals surface area contributed by atoms with E-state index in [1.54, 1.807) is 29.1 Å². The van der Waals surface area contributed by atoms with Crippen LogP contribution in [0.3, 0.4) is 0 Å². The Kier molecular flexibility index (Phi) is 3.75. The molecule has 5 rings (SSSR count).